The molecule has 2 amide bonds. The van der Waals surface area contributed by atoms with E-state index in [1.807, 2.05) is 0 Å². The Hall–Kier alpha value is -1.59. The first-order chi connectivity index (χ1) is 8.52. The lowest BCUT2D eigenvalue weighted by atomic mass is 10.0. The van der Waals surface area contributed by atoms with Crippen molar-refractivity contribution >= 4 is 17.8 Å². The number of hydrogen-bond donors (Lipinski definition) is 2. The van der Waals surface area contributed by atoms with Crippen molar-refractivity contribution < 1.29 is 19.5 Å². The van der Waals surface area contributed by atoms with Crippen LogP contribution < -0.4 is 5.73 Å². The second-order valence-corrected chi connectivity index (χ2v) is 4.60. The molecule has 1 atom stereocenters. The van der Waals surface area contributed by atoms with Gasteiger partial charge in [0.25, 0.3) is 0 Å². The summed E-state index contributed by atoms with van der Waals surface area (Å²) in [4.78, 5) is 35.0. The highest BCUT2D eigenvalue weighted by molar-refractivity contribution is 5.86. The standard InChI is InChI=1S/C12H20N2O4/c13-12(18)9-5-3-4-8-14(9)10(15)6-1-2-7-11(16)17/h9H,1-8H2,(H2,13,18)(H,16,17). The number of amides is 2. The molecule has 1 aliphatic heterocycles. The summed E-state index contributed by atoms with van der Waals surface area (Å²) in [6.45, 7) is 0.575. The number of nitrogens with zero attached hydrogens (tertiary/aromatic N) is 1. The van der Waals surface area contributed by atoms with Gasteiger partial charge in [-0.1, -0.05) is 0 Å². The second-order valence-electron chi connectivity index (χ2n) is 4.60. The van der Waals surface area contributed by atoms with Gasteiger partial charge in [-0.05, 0) is 32.1 Å². The maximum absolute atomic E-state index is 11.9. The average molecular weight is 256 g/mol. The van der Waals surface area contributed by atoms with Crippen molar-refractivity contribution in [3.05, 3.63) is 0 Å². The van der Waals surface area contributed by atoms with Gasteiger partial charge in [-0.15, -0.1) is 0 Å². The third kappa shape index (κ3) is 4.35. The minimum absolute atomic E-state index is 0.0759. The number of carbonyl (C=O) groups is 3. The van der Waals surface area contributed by atoms with Gasteiger partial charge in [0.15, 0.2) is 0 Å². The molecular weight excluding hydrogens is 236 g/mol. The molecule has 1 heterocycles. The van der Waals surface area contributed by atoms with Gasteiger partial charge in [0.2, 0.25) is 11.8 Å². The Bertz CT molecular complexity index is 330. The maximum atomic E-state index is 11.9. The third-order valence-electron chi connectivity index (χ3n) is 3.18. The van der Waals surface area contributed by atoms with Crippen molar-refractivity contribution in [2.24, 2.45) is 5.73 Å². The van der Waals surface area contributed by atoms with Crippen LogP contribution in [0.3, 0.4) is 0 Å². The van der Waals surface area contributed by atoms with Crippen molar-refractivity contribution in [3.63, 3.8) is 0 Å². The first-order valence-electron chi connectivity index (χ1n) is 6.33. The van der Waals surface area contributed by atoms with Crippen molar-refractivity contribution in [2.45, 2.75) is 51.0 Å². The summed E-state index contributed by atoms with van der Waals surface area (Å²) in [5.41, 5.74) is 5.28. The summed E-state index contributed by atoms with van der Waals surface area (Å²) < 4.78 is 0. The van der Waals surface area contributed by atoms with Gasteiger partial charge in [-0.2, -0.15) is 0 Å². The van der Waals surface area contributed by atoms with E-state index in [9.17, 15) is 14.4 Å². The van der Waals surface area contributed by atoms with Gasteiger partial charge in [0.1, 0.15) is 6.04 Å². The molecule has 0 aromatic carbocycles. The van der Waals surface area contributed by atoms with E-state index in [1.54, 1.807) is 4.90 Å². The lowest BCUT2D eigenvalue weighted by molar-refractivity contribution is -0.141. The summed E-state index contributed by atoms with van der Waals surface area (Å²) in [5, 5.41) is 8.49. The molecule has 6 heteroatoms. The van der Waals surface area contributed by atoms with Crippen LogP contribution in [0.5, 0.6) is 0 Å². The van der Waals surface area contributed by atoms with Crippen LogP contribution in [0.4, 0.5) is 0 Å². The summed E-state index contributed by atoms with van der Waals surface area (Å²) in [5.74, 6) is -1.40. The minimum atomic E-state index is -0.851. The molecule has 18 heavy (non-hydrogen) atoms. The van der Waals surface area contributed by atoms with Crippen LogP contribution in [0.2, 0.25) is 0 Å². The zero-order valence-corrected chi connectivity index (χ0v) is 10.4. The highest BCUT2D eigenvalue weighted by atomic mass is 16.4. The Balaban J connectivity index is 2.38. The number of carboxylic acid groups (broad SMARTS) is 1. The zero-order valence-electron chi connectivity index (χ0n) is 10.4. The summed E-state index contributed by atoms with van der Waals surface area (Å²) in [7, 11) is 0. The van der Waals surface area contributed by atoms with E-state index in [-0.39, 0.29) is 18.7 Å². The van der Waals surface area contributed by atoms with E-state index in [2.05, 4.69) is 0 Å². The number of carboxylic acids is 1. The number of primary amides is 1. The van der Waals surface area contributed by atoms with Crippen LogP contribution in [0.1, 0.15) is 44.9 Å². The van der Waals surface area contributed by atoms with Crippen LogP contribution >= 0.6 is 0 Å². The monoisotopic (exact) mass is 256 g/mol. The van der Waals surface area contributed by atoms with E-state index in [4.69, 9.17) is 10.8 Å². The predicted octanol–water partition coefficient (Wildman–Crippen LogP) is 0.498. The highest BCUT2D eigenvalue weighted by Crippen LogP contribution is 2.18. The summed E-state index contributed by atoms with van der Waals surface area (Å²) in [6, 6.07) is -0.481. The first kappa shape index (κ1) is 14.5. The topological polar surface area (TPSA) is 101 Å². The van der Waals surface area contributed by atoms with Gasteiger partial charge in [-0.25, -0.2) is 0 Å². The molecule has 0 bridgehead atoms. The summed E-state index contributed by atoms with van der Waals surface area (Å²) >= 11 is 0. The molecule has 3 N–H and O–H groups in total. The van der Waals surface area contributed by atoms with Crippen LogP contribution in [-0.2, 0) is 14.4 Å². The number of likely N-dealkylation sites (tertiary alicyclic amines) is 1. The molecular formula is C12H20N2O4. The number of rotatable bonds is 6. The number of hydrogen-bond acceptors (Lipinski definition) is 3. The number of carbonyl (C=O) groups excluding carboxylic acids is 2. The quantitative estimate of drug-likeness (QED) is 0.675. The third-order valence-corrected chi connectivity index (χ3v) is 3.18. The van der Waals surface area contributed by atoms with E-state index < -0.39 is 17.9 Å². The smallest absolute Gasteiger partial charge is 0.303 e. The van der Waals surface area contributed by atoms with Gasteiger partial charge in [-0.3, -0.25) is 14.4 Å². The van der Waals surface area contributed by atoms with Gasteiger partial charge in [0.05, 0.1) is 0 Å². The van der Waals surface area contributed by atoms with Crippen LogP contribution in [-0.4, -0.2) is 40.4 Å². The Morgan fingerprint density at radius 2 is 1.83 bits per heavy atom. The van der Waals surface area contributed by atoms with E-state index in [0.717, 1.165) is 12.8 Å². The Kier molecular flexibility index (Phi) is 5.61. The van der Waals surface area contributed by atoms with Gasteiger partial charge < -0.3 is 15.7 Å². The van der Waals surface area contributed by atoms with Crippen LogP contribution in [0.15, 0.2) is 0 Å². The second kappa shape index (κ2) is 6.98. The molecule has 0 aromatic heterocycles. The molecule has 0 aromatic rings. The Labute approximate surface area is 106 Å². The number of aliphatic carboxylic acids is 1. The molecule has 1 fully saturated rings. The molecule has 1 aliphatic rings. The zero-order chi connectivity index (χ0) is 13.5. The van der Waals surface area contributed by atoms with Crippen molar-refractivity contribution in [2.75, 3.05) is 6.54 Å². The van der Waals surface area contributed by atoms with Crippen molar-refractivity contribution in [3.8, 4) is 0 Å². The molecule has 0 radical (unpaired) electrons. The summed E-state index contributed by atoms with van der Waals surface area (Å²) in [6.07, 6.45) is 3.82. The lowest BCUT2D eigenvalue weighted by Crippen LogP contribution is -2.50. The number of nitrogens with two attached hydrogens (primary N) is 1. The lowest BCUT2D eigenvalue weighted by Gasteiger charge is -2.33. The molecule has 0 saturated carbocycles. The van der Waals surface area contributed by atoms with E-state index >= 15 is 0 Å². The van der Waals surface area contributed by atoms with E-state index in [1.165, 1.54) is 0 Å². The average Bonchev–Trinajstić information content (AvgIpc) is 2.34. The van der Waals surface area contributed by atoms with Gasteiger partial charge in [0, 0.05) is 19.4 Å². The van der Waals surface area contributed by atoms with Crippen LogP contribution in [0, 0.1) is 0 Å². The normalized spacial score (nSPS) is 19.6. The predicted molar refractivity (Wildman–Crippen MR) is 64.7 cm³/mol. The van der Waals surface area contributed by atoms with Crippen molar-refractivity contribution in [1.82, 2.24) is 4.90 Å². The number of unbranched alkanes of at least 4 members (excludes halogenated alkanes) is 1. The fourth-order valence-corrected chi connectivity index (χ4v) is 2.22. The molecule has 102 valence electrons. The van der Waals surface area contributed by atoms with E-state index in [0.29, 0.717) is 25.8 Å². The highest BCUT2D eigenvalue weighted by Gasteiger charge is 2.29. The van der Waals surface area contributed by atoms with Gasteiger partial charge >= 0.3 is 5.97 Å². The fraction of sp³-hybridized carbons (Fsp3) is 0.750. The number of piperidine rings is 1. The molecule has 0 spiro atoms. The van der Waals surface area contributed by atoms with Crippen molar-refractivity contribution in [1.29, 1.82) is 0 Å². The SMILES string of the molecule is NC(=O)C1CCCCN1C(=O)CCCCC(=O)O. The largest absolute Gasteiger partial charge is 0.481 e. The Morgan fingerprint density at radius 3 is 2.44 bits per heavy atom. The molecule has 0 aliphatic carbocycles. The molecule has 6 nitrogen and oxygen atoms in total. The van der Waals surface area contributed by atoms with Crippen LogP contribution in [0.25, 0.3) is 0 Å². The fourth-order valence-electron chi connectivity index (χ4n) is 2.22. The molecule has 1 rings (SSSR count). The maximum Gasteiger partial charge on any atom is 0.303 e. The Morgan fingerprint density at radius 1 is 1.17 bits per heavy atom. The first-order valence-corrected chi connectivity index (χ1v) is 6.33. The molecule has 1 saturated heterocycles. The minimum Gasteiger partial charge on any atom is -0.481 e. The molecule has 1 unspecified atom stereocenters.